The minimum atomic E-state index is -0.587. The first-order valence-electron chi connectivity index (χ1n) is 6.89. The smallest absolute Gasteiger partial charge is 0.363 e. The summed E-state index contributed by atoms with van der Waals surface area (Å²) in [7, 11) is 1.35. The molecule has 3 rings (SSSR count). The van der Waals surface area contributed by atoms with E-state index in [2.05, 4.69) is 4.99 Å². The second-order valence-corrected chi connectivity index (χ2v) is 5.90. The van der Waals surface area contributed by atoms with Gasteiger partial charge in [-0.05, 0) is 42.1 Å². The van der Waals surface area contributed by atoms with Gasteiger partial charge in [0.25, 0.3) is 0 Å². The molecule has 0 bridgehead atoms. The van der Waals surface area contributed by atoms with Crippen LogP contribution in [0, 0.1) is 17.0 Å². The van der Waals surface area contributed by atoms with E-state index in [4.69, 9.17) is 9.47 Å². The Balaban J connectivity index is 1.99. The largest absolute Gasteiger partial charge is 0.490 e. The number of nitro benzene ring substituents is 1. The predicted octanol–water partition coefficient (Wildman–Crippen LogP) is 3.32. The second-order valence-electron chi connectivity index (χ2n) is 4.95. The van der Waals surface area contributed by atoms with Crippen molar-refractivity contribution in [1.29, 1.82) is 0 Å². The summed E-state index contributed by atoms with van der Waals surface area (Å²) in [6.07, 6.45) is 1.65. The first kappa shape index (κ1) is 15.9. The number of ether oxygens (including phenoxy) is 2. The molecular weight excluding hydrogens is 332 g/mol. The highest BCUT2D eigenvalue weighted by molar-refractivity contribution is 7.11. The molecule has 2 aromatic rings. The van der Waals surface area contributed by atoms with Crippen molar-refractivity contribution in [2.75, 3.05) is 7.11 Å². The Labute approximate surface area is 141 Å². The first-order chi connectivity index (χ1) is 11.5. The number of aliphatic imine (C=N–C) groups is 1. The zero-order valence-corrected chi connectivity index (χ0v) is 13.6. The average molecular weight is 344 g/mol. The van der Waals surface area contributed by atoms with E-state index in [0.29, 0.717) is 5.56 Å². The maximum absolute atomic E-state index is 12.0. The Morgan fingerprint density at radius 3 is 2.79 bits per heavy atom. The number of nitro groups is 1. The Morgan fingerprint density at radius 1 is 1.38 bits per heavy atom. The number of cyclic esters (lactones) is 1. The van der Waals surface area contributed by atoms with E-state index < -0.39 is 10.9 Å². The molecule has 1 aromatic heterocycles. The minimum Gasteiger partial charge on any atom is -0.490 e. The Morgan fingerprint density at radius 2 is 2.17 bits per heavy atom. The molecule has 0 unspecified atom stereocenters. The lowest BCUT2D eigenvalue weighted by Crippen LogP contribution is -2.06. The summed E-state index contributed by atoms with van der Waals surface area (Å²) in [6, 6.07) is 6.20. The molecule has 0 amide bonds. The normalized spacial score (nSPS) is 15.3. The van der Waals surface area contributed by atoms with Crippen molar-refractivity contribution in [1.82, 2.24) is 0 Å². The van der Waals surface area contributed by atoms with Crippen LogP contribution in [0.5, 0.6) is 5.75 Å². The molecule has 0 N–H and O–H groups in total. The number of esters is 1. The van der Waals surface area contributed by atoms with Crippen LogP contribution in [0.25, 0.3) is 6.08 Å². The standard InChI is InChI=1S/C16H12N2O5S/c1-9-5-6-24-14(9)8-11-16(19)23-15(17-11)10-3-4-13(22-2)12(7-10)18(20)21/h3-8H,1-2H3/b11-8+. The third-order valence-electron chi connectivity index (χ3n) is 3.41. The molecule has 0 spiro atoms. The fourth-order valence-electron chi connectivity index (χ4n) is 2.15. The summed E-state index contributed by atoms with van der Waals surface area (Å²) < 4.78 is 10.1. The lowest BCUT2D eigenvalue weighted by atomic mass is 10.2. The van der Waals surface area contributed by atoms with Crippen molar-refractivity contribution in [3.8, 4) is 5.75 Å². The van der Waals surface area contributed by atoms with Gasteiger partial charge in [0.1, 0.15) is 0 Å². The van der Waals surface area contributed by atoms with E-state index in [1.807, 2.05) is 18.4 Å². The van der Waals surface area contributed by atoms with Gasteiger partial charge in [-0.1, -0.05) is 0 Å². The zero-order valence-electron chi connectivity index (χ0n) is 12.8. The van der Waals surface area contributed by atoms with Gasteiger partial charge < -0.3 is 9.47 Å². The highest BCUT2D eigenvalue weighted by atomic mass is 32.1. The molecule has 7 nitrogen and oxygen atoms in total. The number of carbonyl (C=O) groups excluding carboxylic acids is 1. The van der Waals surface area contributed by atoms with Gasteiger partial charge in [0, 0.05) is 16.5 Å². The van der Waals surface area contributed by atoms with Crippen LogP contribution in [-0.2, 0) is 9.53 Å². The maximum Gasteiger partial charge on any atom is 0.363 e. The van der Waals surface area contributed by atoms with E-state index in [1.54, 1.807) is 12.1 Å². The molecule has 2 heterocycles. The highest BCUT2D eigenvalue weighted by Crippen LogP contribution is 2.30. The van der Waals surface area contributed by atoms with Gasteiger partial charge in [-0.15, -0.1) is 11.3 Å². The summed E-state index contributed by atoms with van der Waals surface area (Å²) in [5, 5.41) is 13.0. The minimum absolute atomic E-state index is 0.0335. The van der Waals surface area contributed by atoms with Gasteiger partial charge in [-0.25, -0.2) is 9.79 Å². The number of rotatable bonds is 4. The maximum atomic E-state index is 12.0. The molecule has 0 fully saturated rings. The SMILES string of the molecule is COc1ccc(C2=N/C(=C/c3sccc3C)C(=O)O2)cc1[N+](=O)[O-]. The van der Waals surface area contributed by atoms with Crippen molar-refractivity contribution in [3.63, 3.8) is 0 Å². The molecule has 0 atom stereocenters. The van der Waals surface area contributed by atoms with Crippen LogP contribution in [0.2, 0.25) is 0 Å². The van der Waals surface area contributed by atoms with Gasteiger partial charge in [0.05, 0.1) is 12.0 Å². The Bertz CT molecular complexity index is 898. The molecule has 0 radical (unpaired) electrons. The molecular formula is C16H12N2O5S. The van der Waals surface area contributed by atoms with Crippen LogP contribution < -0.4 is 4.74 Å². The third-order valence-corrected chi connectivity index (χ3v) is 4.38. The molecule has 1 aliphatic rings. The molecule has 1 aliphatic heterocycles. The Kier molecular flexibility index (Phi) is 4.13. The van der Waals surface area contributed by atoms with Crippen LogP contribution in [0.15, 0.2) is 40.3 Å². The van der Waals surface area contributed by atoms with Gasteiger partial charge >= 0.3 is 11.7 Å². The quantitative estimate of drug-likeness (QED) is 0.367. The van der Waals surface area contributed by atoms with Crippen molar-refractivity contribution in [2.45, 2.75) is 6.92 Å². The fraction of sp³-hybridized carbons (Fsp3) is 0.125. The van der Waals surface area contributed by atoms with Crippen LogP contribution in [0.3, 0.4) is 0 Å². The fourth-order valence-corrected chi connectivity index (χ4v) is 3.01. The van der Waals surface area contributed by atoms with Crippen LogP contribution >= 0.6 is 11.3 Å². The first-order valence-corrected chi connectivity index (χ1v) is 7.77. The number of methoxy groups -OCH3 is 1. The number of hydrogen-bond donors (Lipinski definition) is 0. The lowest BCUT2D eigenvalue weighted by molar-refractivity contribution is -0.385. The van der Waals surface area contributed by atoms with Crippen molar-refractivity contribution in [2.24, 2.45) is 4.99 Å². The summed E-state index contributed by atoms with van der Waals surface area (Å²) >= 11 is 1.49. The van der Waals surface area contributed by atoms with E-state index in [1.165, 1.54) is 30.6 Å². The third kappa shape index (κ3) is 2.91. The monoisotopic (exact) mass is 344 g/mol. The van der Waals surface area contributed by atoms with Crippen LogP contribution in [-0.4, -0.2) is 23.9 Å². The van der Waals surface area contributed by atoms with E-state index >= 15 is 0 Å². The van der Waals surface area contributed by atoms with Crippen molar-refractivity contribution >= 4 is 35.0 Å². The number of hydrogen-bond acceptors (Lipinski definition) is 7. The number of benzene rings is 1. The molecule has 0 saturated carbocycles. The second kappa shape index (κ2) is 6.25. The van der Waals surface area contributed by atoms with Crippen LogP contribution in [0.4, 0.5) is 5.69 Å². The van der Waals surface area contributed by atoms with Gasteiger partial charge in [-0.2, -0.15) is 0 Å². The molecule has 8 heteroatoms. The van der Waals surface area contributed by atoms with E-state index in [9.17, 15) is 14.9 Å². The zero-order chi connectivity index (χ0) is 17.3. The van der Waals surface area contributed by atoms with Crippen LogP contribution in [0.1, 0.15) is 16.0 Å². The molecule has 1 aromatic carbocycles. The number of nitrogens with zero attached hydrogens (tertiary/aromatic N) is 2. The van der Waals surface area contributed by atoms with E-state index in [0.717, 1.165) is 10.4 Å². The van der Waals surface area contributed by atoms with Gasteiger partial charge in [0.15, 0.2) is 11.4 Å². The molecule has 0 aliphatic carbocycles. The number of carbonyl (C=O) groups is 1. The Hall–Kier alpha value is -3.00. The van der Waals surface area contributed by atoms with Gasteiger partial charge in [0.2, 0.25) is 5.90 Å². The van der Waals surface area contributed by atoms with Crippen molar-refractivity contribution < 1.29 is 19.2 Å². The predicted molar refractivity (Wildman–Crippen MR) is 89.3 cm³/mol. The van der Waals surface area contributed by atoms with E-state index in [-0.39, 0.29) is 23.0 Å². The van der Waals surface area contributed by atoms with Crippen molar-refractivity contribution in [3.05, 3.63) is 61.5 Å². The van der Waals surface area contributed by atoms with Gasteiger partial charge in [-0.3, -0.25) is 10.1 Å². The molecule has 122 valence electrons. The highest BCUT2D eigenvalue weighted by Gasteiger charge is 2.26. The number of thiophene rings is 1. The molecule has 24 heavy (non-hydrogen) atoms. The summed E-state index contributed by atoms with van der Waals surface area (Å²) in [5.41, 5.74) is 1.31. The topological polar surface area (TPSA) is 91.0 Å². The summed E-state index contributed by atoms with van der Waals surface area (Å²) in [4.78, 5) is 27.6. The number of aryl methyl sites for hydroxylation is 1. The average Bonchev–Trinajstić information content (AvgIpc) is 3.13. The summed E-state index contributed by atoms with van der Waals surface area (Å²) in [5.74, 6) is -0.430. The molecule has 0 saturated heterocycles. The lowest BCUT2D eigenvalue weighted by Gasteiger charge is -2.03. The summed E-state index contributed by atoms with van der Waals surface area (Å²) in [6.45, 7) is 1.93.